The molecule has 5 rings (SSSR count). The molecule has 0 radical (unpaired) electrons. The van der Waals surface area contributed by atoms with Gasteiger partial charge in [-0.3, -0.25) is 0 Å². The fourth-order valence-electron chi connectivity index (χ4n) is 3.66. The molecule has 132 valence electrons. The van der Waals surface area contributed by atoms with Gasteiger partial charge in [0.05, 0.1) is 0 Å². The van der Waals surface area contributed by atoms with Crippen LogP contribution in [0.15, 0.2) is 87.7 Å². The standard InChI is InChI=1S/C22H20S4/c1-2-12-18-17(11-1)23-21(24-18)15-7-5-9-16(10-6-8-15)22-25-19-13-3-4-14-20(19)26-22/h1-4,11-14H,5-10H2. The van der Waals surface area contributed by atoms with Crippen LogP contribution >= 0.6 is 47.0 Å². The summed E-state index contributed by atoms with van der Waals surface area (Å²) in [6.45, 7) is 0. The van der Waals surface area contributed by atoms with Crippen LogP contribution in [0.3, 0.4) is 0 Å². The van der Waals surface area contributed by atoms with Gasteiger partial charge in [-0.15, -0.1) is 0 Å². The largest absolute Gasteiger partial charge is 0.0816 e. The monoisotopic (exact) mass is 412 g/mol. The number of fused-ring (bicyclic) bond motifs is 2. The van der Waals surface area contributed by atoms with Crippen molar-refractivity contribution in [2.75, 3.05) is 0 Å². The molecular formula is C22H20S4. The Labute approximate surface area is 172 Å². The van der Waals surface area contributed by atoms with E-state index >= 15 is 0 Å². The van der Waals surface area contributed by atoms with E-state index in [1.54, 1.807) is 19.6 Å². The maximum absolute atomic E-state index is 2.26. The third-order valence-electron chi connectivity index (χ3n) is 5.00. The molecule has 0 atom stereocenters. The topological polar surface area (TPSA) is 0 Å². The first-order valence-electron chi connectivity index (χ1n) is 9.20. The van der Waals surface area contributed by atoms with Crippen molar-refractivity contribution in [3.63, 3.8) is 0 Å². The summed E-state index contributed by atoms with van der Waals surface area (Å²) in [4.78, 5) is 5.78. The summed E-state index contributed by atoms with van der Waals surface area (Å²) in [5, 5.41) is 0. The molecule has 3 aliphatic rings. The van der Waals surface area contributed by atoms with Gasteiger partial charge >= 0.3 is 0 Å². The summed E-state index contributed by atoms with van der Waals surface area (Å²) < 4.78 is 3.14. The van der Waals surface area contributed by atoms with Crippen molar-refractivity contribution in [1.82, 2.24) is 0 Å². The van der Waals surface area contributed by atoms with E-state index in [0.29, 0.717) is 0 Å². The number of benzene rings is 2. The van der Waals surface area contributed by atoms with Crippen LogP contribution in [0.4, 0.5) is 0 Å². The number of hydrogen-bond donors (Lipinski definition) is 0. The van der Waals surface area contributed by atoms with Crippen LogP contribution in [0.25, 0.3) is 0 Å². The average Bonchev–Trinajstić information content (AvgIpc) is 3.25. The average molecular weight is 413 g/mol. The van der Waals surface area contributed by atoms with Crippen LogP contribution in [0, 0.1) is 0 Å². The van der Waals surface area contributed by atoms with Crippen LogP contribution < -0.4 is 0 Å². The van der Waals surface area contributed by atoms with Crippen molar-refractivity contribution in [2.24, 2.45) is 0 Å². The minimum atomic E-state index is 1.27. The van der Waals surface area contributed by atoms with Gasteiger partial charge in [0, 0.05) is 28.1 Å². The summed E-state index contributed by atoms with van der Waals surface area (Å²) >= 11 is 8.00. The van der Waals surface area contributed by atoms with Crippen molar-refractivity contribution in [3.8, 4) is 0 Å². The number of thioether (sulfide) groups is 4. The zero-order valence-corrected chi connectivity index (χ0v) is 17.8. The normalized spacial score (nSPS) is 20.0. The Morgan fingerprint density at radius 3 is 1.08 bits per heavy atom. The molecule has 0 N–H and O–H groups in total. The lowest BCUT2D eigenvalue weighted by molar-refractivity contribution is 0.664. The first kappa shape index (κ1) is 17.4. The van der Waals surface area contributed by atoms with Crippen molar-refractivity contribution in [2.45, 2.75) is 58.1 Å². The first-order chi connectivity index (χ1) is 12.9. The number of hydrogen-bond acceptors (Lipinski definition) is 4. The van der Waals surface area contributed by atoms with Gasteiger partial charge in [-0.25, -0.2) is 0 Å². The van der Waals surface area contributed by atoms with E-state index in [-0.39, 0.29) is 0 Å². The zero-order chi connectivity index (χ0) is 17.3. The molecular weight excluding hydrogens is 393 g/mol. The highest BCUT2D eigenvalue weighted by atomic mass is 32.2. The smallest absolute Gasteiger partial charge is 0.0491 e. The van der Waals surface area contributed by atoms with Gasteiger partial charge < -0.3 is 0 Å². The molecule has 2 aliphatic heterocycles. The molecule has 0 aromatic heterocycles. The van der Waals surface area contributed by atoms with Gasteiger partial charge in [-0.2, -0.15) is 0 Å². The lowest BCUT2D eigenvalue weighted by atomic mass is 9.94. The molecule has 2 heterocycles. The van der Waals surface area contributed by atoms with Gasteiger partial charge in [-0.05, 0) is 73.9 Å². The second kappa shape index (κ2) is 7.75. The molecule has 0 unspecified atom stereocenters. The fraction of sp³-hybridized carbons (Fsp3) is 0.273. The molecule has 0 nitrogen and oxygen atoms in total. The SMILES string of the molecule is c1ccc2c(c1)SC(=C1CCCC(=C3Sc4ccccc4S3)CCC1)S2. The van der Waals surface area contributed by atoms with Crippen LogP contribution in [-0.4, -0.2) is 0 Å². The molecule has 0 saturated heterocycles. The predicted octanol–water partition coefficient (Wildman–Crippen LogP) is 8.56. The van der Waals surface area contributed by atoms with E-state index in [9.17, 15) is 0 Å². The Hall–Kier alpha value is -0.680. The predicted molar refractivity (Wildman–Crippen MR) is 118 cm³/mol. The van der Waals surface area contributed by atoms with Gasteiger partial charge in [0.1, 0.15) is 0 Å². The van der Waals surface area contributed by atoms with Crippen molar-refractivity contribution >= 4 is 47.0 Å². The quantitative estimate of drug-likeness (QED) is 0.425. The third kappa shape index (κ3) is 3.54. The van der Waals surface area contributed by atoms with E-state index in [1.165, 1.54) is 58.1 Å². The third-order valence-corrected chi connectivity index (χ3v) is 10.5. The zero-order valence-electron chi connectivity index (χ0n) is 14.5. The summed E-state index contributed by atoms with van der Waals surface area (Å²) in [5.74, 6) is 0. The van der Waals surface area contributed by atoms with Gasteiger partial charge in [0.15, 0.2) is 0 Å². The Kier molecular flexibility index (Phi) is 5.19. The molecule has 2 aromatic rings. The van der Waals surface area contributed by atoms with Crippen molar-refractivity contribution in [3.05, 3.63) is 68.2 Å². The van der Waals surface area contributed by atoms with E-state index in [0.717, 1.165) is 0 Å². The van der Waals surface area contributed by atoms with Crippen molar-refractivity contribution in [1.29, 1.82) is 0 Å². The summed E-state index contributed by atoms with van der Waals surface area (Å²) in [5.41, 5.74) is 3.41. The molecule has 0 amide bonds. The number of rotatable bonds is 0. The second-order valence-corrected chi connectivity index (χ2v) is 11.5. The maximum atomic E-state index is 2.26. The first-order valence-corrected chi connectivity index (χ1v) is 12.5. The van der Waals surface area contributed by atoms with Crippen LogP contribution in [0.1, 0.15) is 38.5 Å². The molecule has 26 heavy (non-hydrogen) atoms. The summed E-state index contributed by atoms with van der Waals surface area (Å²) in [7, 11) is 0. The lowest BCUT2D eigenvalue weighted by Crippen LogP contribution is -1.97. The van der Waals surface area contributed by atoms with Gasteiger partial charge in [0.25, 0.3) is 0 Å². The molecule has 2 aromatic carbocycles. The van der Waals surface area contributed by atoms with E-state index < -0.39 is 0 Å². The summed E-state index contributed by atoms with van der Waals surface area (Å²) in [6.07, 6.45) is 7.66. The highest BCUT2D eigenvalue weighted by Gasteiger charge is 2.23. The van der Waals surface area contributed by atoms with Gasteiger partial charge in [0.2, 0.25) is 0 Å². The van der Waals surface area contributed by atoms with Crippen molar-refractivity contribution < 1.29 is 0 Å². The number of allylic oxidation sites excluding steroid dienone is 2. The second-order valence-electron chi connectivity index (χ2n) is 6.79. The Bertz CT molecular complexity index is 768. The minimum Gasteiger partial charge on any atom is -0.0816 e. The highest BCUT2D eigenvalue weighted by Crippen LogP contribution is 2.55. The maximum Gasteiger partial charge on any atom is 0.0491 e. The Morgan fingerprint density at radius 1 is 0.462 bits per heavy atom. The molecule has 0 bridgehead atoms. The summed E-state index contributed by atoms with van der Waals surface area (Å²) in [6, 6.07) is 17.7. The molecule has 1 aliphatic carbocycles. The van der Waals surface area contributed by atoms with E-state index in [1.807, 2.05) is 47.0 Å². The fourth-order valence-corrected chi connectivity index (χ4v) is 9.02. The van der Waals surface area contributed by atoms with Crippen LogP contribution in [-0.2, 0) is 0 Å². The molecule has 4 heteroatoms. The van der Waals surface area contributed by atoms with Gasteiger partial charge in [-0.1, -0.05) is 71.3 Å². The van der Waals surface area contributed by atoms with E-state index in [2.05, 4.69) is 48.5 Å². The Morgan fingerprint density at radius 2 is 0.769 bits per heavy atom. The molecule has 1 fully saturated rings. The highest BCUT2D eigenvalue weighted by molar-refractivity contribution is 8.25. The Balaban J connectivity index is 1.29. The van der Waals surface area contributed by atoms with Crippen LogP contribution in [0.5, 0.6) is 0 Å². The minimum absolute atomic E-state index is 1.27. The van der Waals surface area contributed by atoms with Crippen LogP contribution in [0.2, 0.25) is 0 Å². The van der Waals surface area contributed by atoms with E-state index in [4.69, 9.17) is 0 Å². The lowest BCUT2D eigenvalue weighted by Gasteiger charge is -2.17. The molecule has 1 saturated carbocycles. The molecule has 0 spiro atoms.